The van der Waals surface area contributed by atoms with Crippen LogP contribution in [0.25, 0.3) is 0 Å². The molecule has 0 bridgehead atoms. The molecule has 0 amide bonds. The maximum absolute atomic E-state index is 12.3. The van der Waals surface area contributed by atoms with E-state index in [1.807, 2.05) is 0 Å². The number of esters is 1. The average molecular weight is 540 g/mol. The first-order valence-electron chi connectivity index (χ1n) is 12.2. The molecule has 0 aliphatic rings. The van der Waals surface area contributed by atoms with E-state index < -0.39 is 52.5 Å². The minimum Gasteiger partial charge on any atom is -0.480 e. The molecule has 0 saturated heterocycles. The molecule has 1 unspecified atom stereocenters. The summed E-state index contributed by atoms with van der Waals surface area (Å²) in [4.78, 5) is 48.9. The van der Waals surface area contributed by atoms with Crippen LogP contribution in [0, 0.1) is 5.41 Å². The molecule has 11 nitrogen and oxygen atoms in total. The quantitative estimate of drug-likeness (QED) is 0.260. The van der Waals surface area contributed by atoms with Gasteiger partial charge in [-0.25, -0.2) is 9.59 Å². The third-order valence-electron chi connectivity index (χ3n) is 4.69. The highest BCUT2D eigenvalue weighted by Crippen LogP contribution is 2.32. The van der Waals surface area contributed by atoms with Crippen molar-refractivity contribution in [3.8, 4) is 11.5 Å². The Morgan fingerprint density at radius 1 is 0.842 bits per heavy atom. The van der Waals surface area contributed by atoms with Crippen LogP contribution in [0.2, 0.25) is 0 Å². The predicted octanol–water partition coefficient (Wildman–Crippen LogP) is 5.01. The Labute approximate surface area is 223 Å². The monoisotopic (exact) mass is 539 g/mol. The molecule has 0 aliphatic heterocycles. The van der Waals surface area contributed by atoms with Crippen molar-refractivity contribution in [1.82, 2.24) is 0 Å². The first-order valence-corrected chi connectivity index (χ1v) is 12.2. The lowest BCUT2D eigenvalue weighted by Gasteiger charge is -2.29. The average Bonchev–Trinajstić information content (AvgIpc) is 2.65. The van der Waals surface area contributed by atoms with E-state index in [4.69, 9.17) is 29.4 Å². The number of ether oxygens (including phenoxy) is 5. The Balaban J connectivity index is 3.28. The Morgan fingerprint density at radius 3 is 1.74 bits per heavy atom. The standard InChI is InChI=1S/C27H41NO10/c1-16(34-21(31)24(2,3)4)14-27(28,20(29)30)15-17-11-12-18(35-22(32)37-25(5,6)7)19(13-17)36-23(33)38-26(8,9)10/h11-13,16H,14-15,28H2,1-10H3,(H,29,30)/t16-,27?/m0/s1. The Bertz CT molecular complexity index is 1030. The van der Waals surface area contributed by atoms with Gasteiger partial charge in [-0.15, -0.1) is 0 Å². The molecule has 0 saturated carbocycles. The molecule has 11 heteroatoms. The molecular formula is C27H41NO10. The van der Waals surface area contributed by atoms with E-state index in [0.717, 1.165) is 0 Å². The lowest BCUT2D eigenvalue weighted by atomic mass is 9.86. The second-order valence-corrected chi connectivity index (χ2v) is 12.2. The molecule has 1 rings (SSSR count). The van der Waals surface area contributed by atoms with Crippen LogP contribution in [0.15, 0.2) is 18.2 Å². The molecule has 1 aromatic rings. The highest BCUT2D eigenvalue weighted by molar-refractivity contribution is 5.79. The van der Waals surface area contributed by atoms with Gasteiger partial charge in [0.2, 0.25) is 0 Å². The largest absolute Gasteiger partial charge is 0.514 e. The zero-order valence-electron chi connectivity index (χ0n) is 23.9. The Morgan fingerprint density at radius 2 is 1.32 bits per heavy atom. The number of carbonyl (C=O) groups excluding carboxylic acids is 3. The molecule has 0 aliphatic carbocycles. The summed E-state index contributed by atoms with van der Waals surface area (Å²) in [6.07, 6.45) is -3.31. The van der Waals surface area contributed by atoms with Crippen molar-refractivity contribution >= 4 is 24.2 Å². The summed E-state index contributed by atoms with van der Waals surface area (Å²) in [5.41, 5.74) is 2.29. The molecule has 2 atom stereocenters. The normalized spacial score (nSPS) is 14.5. The minimum absolute atomic E-state index is 0.153. The summed E-state index contributed by atoms with van der Waals surface area (Å²) in [7, 11) is 0. The molecule has 1 aromatic carbocycles. The summed E-state index contributed by atoms with van der Waals surface area (Å²) in [5.74, 6) is -2.17. The number of hydrogen-bond donors (Lipinski definition) is 2. The highest BCUT2D eigenvalue weighted by Gasteiger charge is 2.38. The van der Waals surface area contributed by atoms with Gasteiger partial charge in [0, 0.05) is 12.8 Å². The van der Waals surface area contributed by atoms with E-state index in [9.17, 15) is 24.3 Å². The third kappa shape index (κ3) is 11.4. The van der Waals surface area contributed by atoms with Crippen LogP contribution in [0.5, 0.6) is 11.5 Å². The van der Waals surface area contributed by atoms with E-state index in [0.29, 0.717) is 5.56 Å². The molecule has 0 radical (unpaired) electrons. The van der Waals surface area contributed by atoms with Gasteiger partial charge in [0.05, 0.1) is 5.41 Å². The van der Waals surface area contributed by atoms with E-state index in [1.54, 1.807) is 69.2 Å². The SMILES string of the molecule is C[C@@H](CC(N)(Cc1ccc(OC(=O)OC(C)(C)C)c(OC(=O)OC(C)(C)C)c1)C(=O)O)OC(=O)C(C)(C)C. The maximum Gasteiger partial charge on any atom is 0.514 e. The topological polar surface area (TPSA) is 161 Å². The van der Waals surface area contributed by atoms with E-state index in [-0.39, 0.29) is 24.3 Å². The number of rotatable bonds is 8. The van der Waals surface area contributed by atoms with Crippen molar-refractivity contribution in [2.45, 2.75) is 105 Å². The number of aliphatic carboxylic acids is 1. The van der Waals surface area contributed by atoms with Gasteiger partial charge in [-0.1, -0.05) is 6.07 Å². The van der Waals surface area contributed by atoms with Crippen LogP contribution < -0.4 is 15.2 Å². The van der Waals surface area contributed by atoms with Gasteiger partial charge in [0.1, 0.15) is 22.8 Å². The Kier molecular flexibility index (Phi) is 10.3. The van der Waals surface area contributed by atoms with Crippen molar-refractivity contribution in [1.29, 1.82) is 0 Å². The van der Waals surface area contributed by atoms with Gasteiger partial charge in [-0.2, -0.15) is 0 Å². The first-order chi connectivity index (χ1) is 17.0. The summed E-state index contributed by atoms with van der Waals surface area (Å²) >= 11 is 0. The lowest BCUT2D eigenvalue weighted by molar-refractivity contribution is -0.160. The van der Waals surface area contributed by atoms with Crippen molar-refractivity contribution in [3.05, 3.63) is 23.8 Å². The van der Waals surface area contributed by atoms with Crippen LogP contribution in [0.3, 0.4) is 0 Å². The predicted molar refractivity (Wildman–Crippen MR) is 138 cm³/mol. The van der Waals surface area contributed by atoms with Crippen LogP contribution in [0.4, 0.5) is 9.59 Å². The number of carbonyl (C=O) groups is 4. The van der Waals surface area contributed by atoms with Crippen LogP contribution in [-0.4, -0.2) is 52.2 Å². The second kappa shape index (κ2) is 12.0. The number of carboxylic acids is 1. The second-order valence-electron chi connectivity index (χ2n) is 12.2. The van der Waals surface area contributed by atoms with Gasteiger partial charge in [-0.3, -0.25) is 9.59 Å². The van der Waals surface area contributed by atoms with Gasteiger partial charge in [-0.05, 0) is 86.9 Å². The summed E-state index contributed by atoms with van der Waals surface area (Å²) in [6, 6.07) is 4.11. The number of nitrogens with two attached hydrogens (primary N) is 1. The van der Waals surface area contributed by atoms with Gasteiger partial charge in [0.25, 0.3) is 0 Å². The van der Waals surface area contributed by atoms with Crippen molar-refractivity contribution in [2.24, 2.45) is 11.1 Å². The summed E-state index contributed by atoms with van der Waals surface area (Å²) in [6.45, 7) is 16.5. The molecular weight excluding hydrogens is 498 g/mol. The number of hydrogen-bond acceptors (Lipinski definition) is 10. The first kappa shape index (κ1) is 32.7. The fourth-order valence-corrected chi connectivity index (χ4v) is 3.06. The molecule has 0 fully saturated rings. The van der Waals surface area contributed by atoms with Gasteiger partial charge >= 0.3 is 24.2 Å². The fraction of sp³-hybridized carbons (Fsp3) is 0.630. The number of carboxylic acid groups (broad SMARTS) is 1. The van der Waals surface area contributed by atoms with Crippen LogP contribution in [-0.2, 0) is 30.2 Å². The lowest BCUT2D eigenvalue weighted by Crippen LogP contribution is -2.52. The van der Waals surface area contributed by atoms with Crippen molar-refractivity contribution < 1.29 is 48.0 Å². The molecule has 214 valence electrons. The van der Waals surface area contributed by atoms with Crippen molar-refractivity contribution in [3.63, 3.8) is 0 Å². The minimum atomic E-state index is -1.84. The van der Waals surface area contributed by atoms with Gasteiger partial charge < -0.3 is 34.5 Å². The Hall–Kier alpha value is -3.34. The van der Waals surface area contributed by atoms with E-state index >= 15 is 0 Å². The molecule has 0 spiro atoms. The maximum atomic E-state index is 12.3. The molecule has 0 heterocycles. The van der Waals surface area contributed by atoms with Crippen LogP contribution in [0.1, 0.15) is 81.2 Å². The molecule has 0 aromatic heterocycles. The zero-order chi connectivity index (χ0) is 29.7. The zero-order valence-corrected chi connectivity index (χ0v) is 23.9. The molecule has 3 N–H and O–H groups in total. The summed E-state index contributed by atoms with van der Waals surface area (Å²) < 4.78 is 26.2. The summed E-state index contributed by atoms with van der Waals surface area (Å²) in [5, 5.41) is 9.90. The van der Waals surface area contributed by atoms with E-state index in [2.05, 4.69) is 0 Å². The van der Waals surface area contributed by atoms with Gasteiger partial charge in [0.15, 0.2) is 11.5 Å². The molecule has 38 heavy (non-hydrogen) atoms. The van der Waals surface area contributed by atoms with Crippen LogP contribution >= 0.6 is 0 Å². The van der Waals surface area contributed by atoms with Crippen molar-refractivity contribution in [2.75, 3.05) is 0 Å². The number of benzene rings is 1. The fourth-order valence-electron chi connectivity index (χ4n) is 3.06. The highest BCUT2D eigenvalue weighted by atomic mass is 16.8. The third-order valence-corrected chi connectivity index (χ3v) is 4.69. The smallest absolute Gasteiger partial charge is 0.480 e. The van der Waals surface area contributed by atoms with E-state index in [1.165, 1.54) is 18.2 Å².